The fourth-order valence-electron chi connectivity index (χ4n) is 3.37. The molecule has 0 heterocycles. The summed E-state index contributed by atoms with van der Waals surface area (Å²) in [6.45, 7) is 0. The highest BCUT2D eigenvalue weighted by Gasteiger charge is 2.17. The van der Waals surface area contributed by atoms with Gasteiger partial charge in [0.05, 0.1) is 6.42 Å². The molecule has 5 nitrogen and oxygen atoms in total. The number of rotatable bonds is 5. The molecule has 2 aromatic rings. The minimum absolute atomic E-state index is 0.0745. The topological polar surface area (TPSA) is 70.2 Å². The van der Waals surface area contributed by atoms with Crippen LogP contribution in [0.2, 0.25) is 0 Å². The fraction of sp³-hybridized carbons (Fsp3) is 0.318. The maximum atomic E-state index is 12.5. The number of anilines is 1. The SMILES string of the molecule is O=C(Cc1ccccc1)NC(=S)Nc1cccc(C(=O)NC2CCCCC2)c1. The molecule has 0 saturated heterocycles. The van der Waals surface area contributed by atoms with Gasteiger partial charge in [-0.15, -0.1) is 0 Å². The van der Waals surface area contributed by atoms with Gasteiger partial charge in [0.25, 0.3) is 5.91 Å². The average molecular weight is 396 g/mol. The summed E-state index contributed by atoms with van der Waals surface area (Å²) >= 11 is 5.22. The van der Waals surface area contributed by atoms with Crippen molar-refractivity contribution in [1.29, 1.82) is 0 Å². The highest BCUT2D eigenvalue weighted by atomic mass is 32.1. The normalized spacial score (nSPS) is 14.1. The van der Waals surface area contributed by atoms with Crippen LogP contribution in [0.3, 0.4) is 0 Å². The zero-order chi connectivity index (χ0) is 19.8. The maximum absolute atomic E-state index is 12.5. The van der Waals surface area contributed by atoms with E-state index in [4.69, 9.17) is 12.2 Å². The third kappa shape index (κ3) is 6.16. The highest BCUT2D eigenvalue weighted by molar-refractivity contribution is 7.80. The third-order valence-electron chi connectivity index (χ3n) is 4.78. The predicted molar refractivity (Wildman–Crippen MR) is 115 cm³/mol. The molecule has 3 N–H and O–H groups in total. The van der Waals surface area contributed by atoms with E-state index in [-0.39, 0.29) is 29.4 Å². The van der Waals surface area contributed by atoms with E-state index in [0.29, 0.717) is 11.3 Å². The Kier molecular flexibility index (Phi) is 7.14. The van der Waals surface area contributed by atoms with E-state index in [9.17, 15) is 9.59 Å². The van der Waals surface area contributed by atoms with E-state index in [1.165, 1.54) is 19.3 Å². The van der Waals surface area contributed by atoms with Crippen LogP contribution in [-0.2, 0) is 11.2 Å². The Labute approximate surface area is 170 Å². The van der Waals surface area contributed by atoms with Crippen LogP contribution in [0.5, 0.6) is 0 Å². The fourth-order valence-corrected chi connectivity index (χ4v) is 3.60. The van der Waals surface area contributed by atoms with Gasteiger partial charge in [-0.25, -0.2) is 0 Å². The van der Waals surface area contributed by atoms with E-state index in [1.807, 2.05) is 36.4 Å². The second kappa shape index (κ2) is 9.99. The van der Waals surface area contributed by atoms with Gasteiger partial charge < -0.3 is 16.0 Å². The molecule has 0 radical (unpaired) electrons. The highest BCUT2D eigenvalue weighted by Crippen LogP contribution is 2.18. The molecule has 146 valence electrons. The molecule has 3 rings (SSSR count). The van der Waals surface area contributed by atoms with Crippen LogP contribution in [0.25, 0.3) is 0 Å². The van der Waals surface area contributed by atoms with Crippen molar-refractivity contribution in [2.24, 2.45) is 0 Å². The van der Waals surface area contributed by atoms with E-state index >= 15 is 0 Å². The van der Waals surface area contributed by atoms with Crippen molar-refractivity contribution >= 4 is 34.8 Å². The molecule has 0 aromatic heterocycles. The van der Waals surface area contributed by atoms with Crippen molar-refractivity contribution in [3.05, 3.63) is 65.7 Å². The van der Waals surface area contributed by atoms with Gasteiger partial charge in [-0.05, 0) is 48.8 Å². The second-order valence-corrected chi connectivity index (χ2v) is 7.46. The lowest BCUT2D eigenvalue weighted by atomic mass is 9.95. The number of amides is 2. The van der Waals surface area contributed by atoms with Crippen LogP contribution in [0.15, 0.2) is 54.6 Å². The third-order valence-corrected chi connectivity index (χ3v) is 4.99. The van der Waals surface area contributed by atoms with Gasteiger partial charge >= 0.3 is 0 Å². The van der Waals surface area contributed by atoms with E-state index < -0.39 is 0 Å². The summed E-state index contributed by atoms with van der Waals surface area (Å²) in [6, 6.07) is 16.9. The summed E-state index contributed by atoms with van der Waals surface area (Å²) in [5, 5.41) is 8.97. The smallest absolute Gasteiger partial charge is 0.251 e. The van der Waals surface area contributed by atoms with Gasteiger partial charge in [-0.3, -0.25) is 9.59 Å². The number of thiocarbonyl (C=S) groups is 1. The first-order valence-electron chi connectivity index (χ1n) is 9.66. The Balaban J connectivity index is 1.52. The van der Waals surface area contributed by atoms with Crippen LogP contribution in [-0.4, -0.2) is 23.0 Å². The van der Waals surface area contributed by atoms with Crippen molar-refractivity contribution in [1.82, 2.24) is 10.6 Å². The molecule has 0 atom stereocenters. The van der Waals surface area contributed by atoms with Gasteiger partial charge in [0.15, 0.2) is 5.11 Å². The van der Waals surface area contributed by atoms with E-state index in [2.05, 4.69) is 16.0 Å². The molecule has 1 saturated carbocycles. The molecule has 2 aromatic carbocycles. The lowest BCUT2D eigenvalue weighted by molar-refractivity contribution is -0.119. The van der Waals surface area contributed by atoms with Gasteiger partial charge in [0.2, 0.25) is 5.91 Å². The molecule has 2 amide bonds. The molecule has 0 aliphatic heterocycles. The quantitative estimate of drug-likeness (QED) is 0.674. The van der Waals surface area contributed by atoms with Crippen molar-refractivity contribution in [2.75, 3.05) is 5.32 Å². The Hall–Kier alpha value is -2.73. The number of benzene rings is 2. The number of nitrogens with one attached hydrogen (secondary N) is 3. The molecular weight excluding hydrogens is 370 g/mol. The number of hydrogen-bond acceptors (Lipinski definition) is 3. The molecule has 0 spiro atoms. The van der Waals surface area contributed by atoms with Crippen LogP contribution >= 0.6 is 12.2 Å². The predicted octanol–water partition coefficient (Wildman–Crippen LogP) is 3.80. The lowest BCUT2D eigenvalue weighted by Crippen LogP contribution is -2.36. The van der Waals surface area contributed by atoms with Crippen molar-refractivity contribution in [3.8, 4) is 0 Å². The largest absolute Gasteiger partial charge is 0.349 e. The minimum atomic E-state index is -0.185. The Morgan fingerprint density at radius 2 is 1.71 bits per heavy atom. The Bertz CT molecular complexity index is 833. The van der Waals surface area contributed by atoms with Crippen LogP contribution in [0.1, 0.15) is 48.0 Å². The van der Waals surface area contributed by atoms with Crippen LogP contribution in [0.4, 0.5) is 5.69 Å². The lowest BCUT2D eigenvalue weighted by Gasteiger charge is -2.22. The first-order valence-corrected chi connectivity index (χ1v) is 10.1. The van der Waals surface area contributed by atoms with E-state index in [1.54, 1.807) is 18.2 Å². The maximum Gasteiger partial charge on any atom is 0.251 e. The summed E-state index contributed by atoms with van der Waals surface area (Å²) in [5.41, 5.74) is 2.17. The van der Waals surface area contributed by atoms with Crippen LogP contribution < -0.4 is 16.0 Å². The Morgan fingerprint density at radius 1 is 0.964 bits per heavy atom. The van der Waals surface area contributed by atoms with Gasteiger partial charge in [0.1, 0.15) is 0 Å². The summed E-state index contributed by atoms with van der Waals surface area (Å²) in [5.74, 6) is -0.260. The average Bonchev–Trinajstić information content (AvgIpc) is 2.69. The zero-order valence-electron chi connectivity index (χ0n) is 15.7. The molecule has 1 aliphatic rings. The summed E-state index contributed by atoms with van der Waals surface area (Å²) in [7, 11) is 0. The number of carbonyl (C=O) groups is 2. The first kappa shape index (κ1) is 20.0. The molecule has 0 bridgehead atoms. The molecule has 1 aliphatic carbocycles. The van der Waals surface area contributed by atoms with Crippen LogP contribution in [0, 0.1) is 0 Å². The zero-order valence-corrected chi connectivity index (χ0v) is 16.6. The van der Waals surface area contributed by atoms with E-state index in [0.717, 1.165) is 18.4 Å². The minimum Gasteiger partial charge on any atom is -0.349 e. The second-order valence-electron chi connectivity index (χ2n) is 7.05. The first-order chi connectivity index (χ1) is 13.6. The van der Waals surface area contributed by atoms with Gasteiger partial charge in [-0.2, -0.15) is 0 Å². The standard InChI is InChI=1S/C22H25N3O2S/c26-20(14-16-8-3-1-4-9-16)25-22(28)24-19-13-7-10-17(15-19)21(27)23-18-11-5-2-6-12-18/h1,3-4,7-10,13,15,18H,2,5-6,11-12,14H2,(H,23,27)(H2,24,25,26,28). The molecule has 1 fully saturated rings. The van der Waals surface area contributed by atoms with Crippen molar-refractivity contribution < 1.29 is 9.59 Å². The molecular formula is C22H25N3O2S. The molecule has 6 heteroatoms. The monoisotopic (exact) mass is 395 g/mol. The molecule has 28 heavy (non-hydrogen) atoms. The molecule has 0 unspecified atom stereocenters. The number of hydrogen-bond donors (Lipinski definition) is 3. The Morgan fingerprint density at radius 3 is 2.46 bits per heavy atom. The van der Waals surface area contributed by atoms with Crippen molar-refractivity contribution in [2.45, 2.75) is 44.6 Å². The summed E-state index contributed by atoms with van der Waals surface area (Å²) < 4.78 is 0. The van der Waals surface area contributed by atoms with Gasteiger partial charge in [-0.1, -0.05) is 55.7 Å². The van der Waals surface area contributed by atoms with Gasteiger partial charge in [0, 0.05) is 17.3 Å². The number of carbonyl (C=O) groups excluding carboxylic acids is 2. The van der Waals surface area contributed by atoms with Crippen molar-refractivity contribution in [3.63, 3.8) is 0 Å². The summed E-state index contributed by atoms with van der Waals surface area (Å²) in [4.78, 5) is 24.6. The summed E-state index contributed by atoms with van der Waals surface area (Å²) in [6.07, 6.45) is 5.93.